The van der Waals surface area contributed by atoms with E-state index in [1.807, 2.05) is 32.7 Å². The van der Waals surface area contributed by atoms with E-state index in [1.54, 1.807) is 16.8 Å². The van der Waals surface area contributed by atoms with E-state index in [1.165, 1.54) is 0 Å². The van der Waals surface area contributed by atoms with E-state index in [0.29, 0.717) is 39.4 Å². The Bertz CT molecular complexity index is 389. The van der Waals surface area contributed by atoms with Crippen LogP contribution < -0.4 is 0 Å². The molecule has 0 aromatic carbocycles. The summed E-state index contributed by atoms with van der Waals surface area (Å²) < 4.78 is 10.5. The summed E-state index contributed by atoms with van der Waals surface area (Å²) in [6, 6.07) is 0.0498. The number of hydrogen-bond donors (Lipinski definition) is 0. The van der Waals surface area contributed by atoms with Crippen LogP contribution in [0, 0.1) is 0 Å². The Morgan fingerprint density at radius 1 is 1.04 bits per heavy atom. The van der Waals surface area contributed by atoms with E-state index in [2.05, 4.69) is 0 Å². The molecule has 1 heterocycles. The quantitative estimate of drug-likeness (QED) is 0.724. The van der Waals surface area contributed by atoms with E-state index in [0.717, 1.165) is 12.8 Å². The molecule has 7 heteroatoms. The first-order valence-corrected chi connectivity index (χ1v) is 8.22. The number of carbonyl (C=O) groups is 2. The molecule has 0 bridgehead atoms. The van der Waals surface area contributed by atoms with Crippen molar-refractivity contribution in [1.29, 1.82) is 0 Å². The highest BCUT2D eigenvalue weighted by Gasteiger charge is 2.21. The first-order chi connectivity index (χ1) is 10.7. The average Bonchev–Trinajstić information content (AvgIpc) is 2.49. The molecule has 0 radical (unpaired) electrons. The van der Waals surface area contributed by atoms with Gasteiger partial charge in [0.2, 0.25) is 0 Å². The van der Waals surface area contributed by atoms with E-state index in [9.17, 15) is 9.59 Å². The molecule has 0 unspecified atom stereocenters. The first kappa shape index (κ1) is 19.5. The molecular weight excluding hydrogens is 298 g/mol. The number of unbranched alkanes of at least 4 members (excludes halogenated alkanes) is 1. The standard InChI is InChI=1S/C16H31N3O4/c1-16(2,3)23-15(21)18(5)9-7-6-8-17(4)14(20)19-10-12-22-13-11-19/h6-13H2,1-5H3. The van der Waals surface area contributed by atoms with E-state index in [4.69, 9.17) is 9.47 Å². The summed E-state index contributed by atoms with van der Waals surface area (Å²) in [4.78, 5) is 29.2. The summed E-state index contributed by atoms with van der Waals surface area (Å²) in [6.45, 7) is 9.39. The topological polar surface area (TPSA) is 62.3 Å². The smallest absolute Gasteiger partial charge is 0.410 e. The zero-order valence-electron chi connectivity index (χ0n) is 15.1. The third kappa shape index (κ3) is 7.54. The summed E-state index contributed by atoms with van der Waals surface area (Å²) in [6.07, 6.45) is 1.37. The lowest BCUT2D eigenvalue weighted by atomic mass is 10.2. The van der Waals surface area contributed by atoms with Gasteiger partial charge < -0.3 is 24.2 Å². The van der Waals surface area contributed by atoms with Crippen molar-refractivity contribution < 1.29 is 19.1 Å². The molecule has 134 valence electrons. The second-order valence-corrected chi connectivity index (χ2v) is 6.91. The number of urea groups is 1. The van der Waals surface area contributed by atoms with Gasteiger partial charge in [0.05, 0.1) is 13.2 Å². The zero-order chi connectivity index (χ0) is 17.5. The molecule has 1 rings (SSSR count). The normalized spacial score (nSPS) is 15.3. The average molecular weight is 329 g/mol. The van der Waals surface area contributed by atoms with Gasteiger partial charge in [0, 0.05) is 40.3 Å². The number of morpholine rings is 1. The maximum absolute atomic E-state index is 12.2. The van der Waals surface area contributed by atoms with Gasteiger partial charge in [0.1, 0.15) is 5.60 Å². The number of carbonyl (C=O) groups excluding carboxylic acids is 2. The Balaban J connectivity index is 2.20. The predicted molar refractivity (Wildman–Crippen MR) is 88.5 cm³/mol. The Morgan fingerprint density at radius 3 is 2.09 bits per heavy atom. The molecule has 23 heavy (non-hydrogen) atoms. The summed E-state index contributed by atoms with van der Waals surface area (Å²) in [5.74, 6) is 0. The van der Waals surface area contributed by atoms with E-state index >= 15 is 0 Å². The summed E-state index contributed by atoms with van der Waals surface area (Å²) in [7, 11) is 3.55. The summed E-state index contributed by atoms with van der Waals surface area (Å²) in [5.41, 5.74) is -0.476. The molecule has 1 aliphatic heterocycles. The molecule has 0 aliphatic carbocycles. The minimum atomic E-state index is -0.476. The maximum Gasteiger partial charge on any atom is 0.410 e. The van der Waals surface area contributed by atoms with Crippen LogP contribution in [0.2, 0.25) is 0 Å². The van der Waals surface area contributed by atoms with Crippen LogP contribution >= 0.6 is 0 Å². The molecule has 0 N–H and O–H groups in total. The van der Waals surface area contributed by atoms with Crippen LogP contribution in [0.3, 0.4) is 0 Å². The van der Waals surface area contributed by atoms with Gasteiger partial charge in [-0.25, -0.2) is 9.59 Å². The number of amides is 3. The second-order valence-electron chi connectivity index (χ2n) is 6.91. The second kappa shape index (κ2) is 8.96. The lowest BCUT2D eigenvalue weighted by Gasteiger charge is -2.31. The SMILES string of the molecule is CN(CCCCN(C)C(=O)N1CCOCC1)C(=O)OC(C)(C)C. The molecule has 3 amide bonds. The fraction of sp³-hybridized carbons (Fsp3) is 0.875. The monoisotopic (exact) mass is 329 g/mol. The highest BCUT2D eigenvalue weighted by molar-refractivity contribution is 5.74. The van der Waals surface area contributed by atoms with Crippen molar-refractivity contribution in [2.45, 2.75) is 39.2 Å². The van der Waals surface area contributed by atoms with Gasteiger partial charge >= 0.3 is 12.1 Å². The molecule has 0 spiro atoms. The molecule has 0 aromatic heterocycles. The number of rotatable bonds is 5. The van der Waals surface area contributed by atoms with Crippen LogP contribution in [0.25, 0.3) is 0 Å². The predicted octanol–water partition coefficient (Wildman–Crippen LogP) is 2.02. The summed E-state index contributed by atoms with van der Waals surface area (Å²) >= 11 is 0. The van der Waals surface area contributed by atoms with Crippen molar-refractivity contribution in [1.82, 2.24) is 14.7 Å². The van der Waals surface area contributed by atoms with Crippen molar-refractivity contribution >= 4 is 12.1 Å². The Kier molecular flexibility index (Phi) is 7.61. The largest absolute Gasteiger partial charge is 0.444 e. The molecule has 7 nitrogen and oxygen atoms in total. The zero-order valence-corrected chi connectivity index (χ0v) is 15.1. The van der Waals surface area contributed by atoms with E-state index in [-0.39, 0.29) is 12.1 Å². The van der Waals surface area contributed by atoms with Gasteiger partial charge in [0.15, 0.2) is 0 Å². The van der Waals surface area contributed by atoms with E-state index < -0.39 is 5.60 Å². The van der Waals surface area contributed by atoms with Crippen LogP contribution in [0.1, 0.15) is 33.6 Å². The maximum atomic E-state index is 12.2. The third-order valence-corrected chi connectivity index (χ3v) is 3.55. The van der Waals surface area contributed by atoms with Crippen LogP contribution in [-0.2, 0) is 9.47 Å². The highest BCUT2D eigenvalue weighted by Crippen LogP contribution is 2.10. The third-order valence-electron chi connectivity index (χ3n) is 3.55. The molecule has 0 atom stereocenters. The lowest BCUT2D eigenvalue weighted by Crippen LogP contribution is -2.47. The van der Waals surface area contributed by atoms with Gasteiger partial charge in [-0.2, -0.15) is 0 Å². The van der Waals surface area contributed by atoms with Crippen LogP contribution in [0.5, 0.6) is 0 Å². The van der Waals surface area contributed by atoms with Crippen LogP contribution in [0.4, 0.5) is 9.59 Å². The molecule has 0 aromatic rings. The van der Waals surface area contributed by atoms with Crippen molar-refractivity contribution in [2.75, 3.05) is 53.5 Å². The minimum Gasteiger partial charge on any atom is -0.444 e. The van der Waals surface area contributed by atoms with Gasteiger partial charge in [-0.3, -0.25) is 0 Å². The van der Waals surface area contributed by atoms with Gasteiger partial charge in [-0.15, -0.1) is 0 Å². The van der Waals surface area contributed by atoms with Gasteiger partial charge in [0.25, 0.3) is 0 Å². The molecular formula is C16H31N3O4. The minimum absolute atomic E-state index is 0.0498. The molecule has 1 saturated heterocycles. The Hall–Kier alpha value is -1.50. The molecule has 1 fully saturated rings. The Morgan fingerprint density at radius 2 is 1.57 bits per heavy atom. The molecule has 1 aliphatic rings. The van der Waals surface area contributed by atoms with Crippen molar-refractivity contribution in [3.05, 3.63) is 0 Å². The number of nitrogens with zero attached hydrogens (tertiary/aromatic N) is 3. The van der Waals surface area contributed by atoms with Crippen molar-refractivity contribution in [3.63, 3.8) is 0 Å². The number of ether oxygens (including phenoxy) is 2. The fourth-order valence-electron chi connectivity index (χ4n) is 2.22. The lowest BCUT2D eigenvalue weighted by molar-refractivity contribution is 0.0294. The van der Waals surface area contributed by atoms with Crippen LogP contribution in [0.15, 0.2) is 0 Å². The van der Waals surface area contributed by atoms with Gasteiger partial charge in [-0.1, -0.05) is 0 Å². The highest BCUT2D eigenvalue weighted by atomic mass is 16.6. The van der Waals surface area contributed by atoms with Crippen LogP contribution in [-0.4, -0.2) is 85.9 Å². The first-order valence-electron chi connectivity index (χ1n) is 8.22. The van der Waals surface area contributed by atoms with Crippen molar-refractivity contribution in [2.24, 2.45) is 0 Å². The number of hydrogen-bond acceptors (Lipinski definition) is 4. The van der Waals surface area contributed by atoms with Gasteiger partial charge in [-0.05, 0) is 33.6 Å². The fourth-order valence-corrected chi connectivity index (χ4v) is 2.22. The van der Waals surface area contributed by atoms with Crippen molar-refractivity contribution in [3.8, 4) is 0 Å². The summed E-state index contributed by atoms with van der Waals surface area (Å²) in [5, 5.41) is 0. The Labute approximate surface area is 139 Å². The molecule has 0 saturated carbocycles.